The molecule has 3 saturated heterocycles. The van der Waals surface area contributed by atoms with Crippen molar-refractivity contribution in [3.63, 3.8) is 0 Å². The molecule has 5 aliphatic rings. The van der Waals surface area contributed by atoms with Gasteiger partial charge in [-0.15, -0.1) is 0 Å². The maximum Gasteiger partial charge on any atom is 0.187 e. The predicted octanol–water partition coefficient (Wildman–Crippen LogP) is -3.88. The molecule has 5 rings (SSSR count). The van der Waals surface area contributed by atoms with Gasteiger partial charge in [-0.3, -0.25) is 0 Å². The molecule has 0 aromatic heterocycles. The summed E-state index contributed by atoms with van der Waals surface area (Å²) in [6.45, 7) is -1.23. The molecule has 3 aliphatic heterocycles. The number of rotatable bonds is 9. The van der Waals surface area contributed by atoms with Gasteiger partial charge in [0.05, 0.1) is 55.9 Å². The second-order valence-corrected chi connectivity index (χ2v) is 13.0. The molecule has 3 heterocycles. The number of aliphatic hydroxyl groups excluding tert-OH is 9. The first-order valence-corrected chi connectivity index (χ1v) is 15.8. The Morgan fingerprint density at radius 1 is 0.578 bits per heavy atom. The van der Waals surface area contributed by atoms with Crippen LogP contribution in [0.4, 0.5) is 0 Å². The van der Waals surface area contributed by atoms with Crippen LogP contribution >= 0.6 is 0 Å². The SMILES string of the molecule is COC1CC2OC(C3CCC(O)C(OC)C3)C(O[C@H]3O[C@@H](CO)[C@H](O)[C@H](O)[C@@H]3O)CC2C(O[C@H]2O[C@@H](CO)[C@H](O)[C@H](O)[C@@H]2O)C1. The summed E-state index contributed by atoms with van der Waals surface area (Å²) < 4.78 is 41.9. The van der Waals surface area contributed by atoms with Crippen molar-refractivity contribution in [3.8, 4) is 0 Å². The molecule has 0 bridgehead atoms. The van der Waals surface area contributed by atoms with Gasteiger partial charge in [-0.25, -0.2) is 0 Å². The van der Waals surface area contributed by atoms with Gasteiger partial charge in [-0.1, -0.05) is 0 Å². The quantitative estimate of drug-likeness (QED) is 0.115. The molecule has 0 aromatic rings. The van der Waals surface area contributed by atoms with Crippen LogP contribution < -0.4 is 0 Å². The lowest BCUT2D eigenvalue weighted by Crippen LogP contribution is -2.63. The van der Waals surface area contributed by atoms with Crippen LogP contribution in [-0.2, 0) is 33.2 Å². The minimum atomic E-state index is -1.64. The lowest BCUT2D eigenvalue weighted by molar-refractivity contribution is -0.345. The number of aliphatic hydroxyl groups is 9. The molecule has 0 radical (unpaired) electrons. The van der Waals surface area contributed by atoms with Crippen LogP contribution in [0.25, 0.3) is 0 Å². The Bertz CT molecular complexity index is 927. The van der Waals surface area contributed by atoms with E-state index < -0.39 is 111 Å². The van der Waals surface area contributed by atoms with Gasteiger partial charge in [0.2, 0.25) is 0 Å². The second-order valence-electron chi connectivity index (χ2n) is 13.0. The highest BCUT2D eigenvalue weighted by Crippen LogP contribution is 2.45. The van der Waals surface area contributed by atoms with Gasteiger partial charge >= 0.3 is 0 Å². The summed E-state index contributed by atoms with van der Waals surface area (Å²) in [5.41, 5.74) is 0. The van der Waals surface area contributed by atoms with Crippen LogP contribution in [-0.4, -0.2) is 178 Å². The Morgan fingerprint density at radius 2 is 1.16 bits per heavy atom. The van der Waals surface area contributed by atoms with Crippen LogP contribution in [0, 0.1) is 11.8 Å². The van der Waals surface area contributed by atoms with E-state index in [1.54, 1.807) is 7.11 Å². The van der Waals surface area contributed by atoms with Crippen LogP contribution in [0.15, 0.2) is 0 Å². The Labute approximate surface area is 261 Å². The third-order valence-corrected chi connectivity index (χ3v) is 10.4. The fourth-order valence-electron chi connectivity index (χ4n) is 7.65. The van der Waals surface area contributed by atoms with Crippen LogP contribution in [0.2, 0.25) is 0 Å². The van der Waals surface area contributed by atoms with Crippen molar-refractivity contribution >= 4 is 0 Å². The summed E-state index contributed by atoms with van der Waals surface area (Å²) in [6.07, 6.45) is -15.9. The van der Waals surface area contributed by atoms with Gasteiger partial charge in [0.1, 0.15) is 48.8 Å². The van der Waals surface area contributed by atoms with Gasteiger partial charge in [-0.2, -0.15) is 0 Å². The van der Waals surface area contributed by atoms with E-state index in [9.17, 15) is 46.0 Å². The Kier molecular flexibility index (Phi) is 12.1. The molecule has 0 amide bonds. The molecular weight excluding hydrogens is 604 g/mol. The first kappa shape index (κ1) is 35.7. The average molecular weight is 655 g/mol. The molecule has 5 fully saturated rings. The highest BCUT2D eigenvalue weighted by Gasteiger charge is 2.54. The van der Waals surface area contributed by atoms with Crippen LogP contribution in [0.3, 0.4) is 0 Å². The zero-order chi connectivity index (χ0) is 32.6. The number of methoxy groups -OCH3 is 2. The molecular formula is C29H50O16. The van der Waals surface area contributed by atoms with E-state index in [1.807, 2.05) is 0 Å². The van der Waals surface area contributed by atoms with Crippen molar-refractivity contribution in [2.45, 2.75) is 143 Å². The first-order chi connectivity index (χ1) is 21.5. The topological polar surface area (TPSA) is 247 Å². The van der Waals surface area contributed by atoms with E-state index in [-0.39, 0.29) is 17.9 Å². The largest absolute Gasteiger partial charge is 0.394 e. The summed E-state index contributed by atoms with van der Waals surface area (Å²) in [5, 5.41) is 92.5. The Morgan fingerprint density at radius 3 is 1.69 bits per heavy atom. The van der Waals surface area contributed by atoms with Crippen LogP contribution in [0.5, 0.6) is 0 Å². The maximum atomic E-state index is 10.8. The Hall–Kier alpha value is -0.640. The summed E-state index contributed by atoms with van der Waals surface area (Å²) in [4.78, 5) is 0. The molecule has 0 spiro atoms. The summed E-state index contributed by atoms with van der Waals surface area (Å²) >= 11 is 0. The Balaban J connectivity index is 1.40. The van der Waals surface area contributed by atoms with E-state index in [0.29, 0.717) is 38.5 Å². The second kappa shape index (κ2) is 15.3. The van der Waals surface area contributed by atoms with E-state index >= 15 is 0 Å². The van der Waals surface area contributed by atoms with Crippen molar-refractivity contribution in [3.05, 3.63) is 0 Å². The van der Waals surface area contributed by atoms with Crippen molar-refractivity contribution in [1.82, 2.24) is 0 Å². The van der Waals surface area contributed by atoms with E-state index in [0.717, 1.165) is 0 Å². The zero-order valence-electron chi connectivity index (χ0n) is 25.5. The molecule has 16 nitrogen and oxygen atoms in total. The van der Waals surface area contributed by atoms with E-state index in [4.69, 9.17) is 33.2 Å². The monoisotopic (exact) mass is 654 g/mol. The van der Waals surface area contributed by atoms with Gasteiger partial charge in [0.25, 0.3) is 0 Å². The summed E-state index contributed by atoms with van der Waals surface area (Å²) in [7, 11) is 3.09. The molecule has 19 atom stereocenters. The van der Waals surface area contributed by atoms with Crippen LogP contribution in [0.1, 0.15) is 38.5 Å². The molecule has 9 N–H and O–H groups in total. The minimum absolute atomic E-state index is 0.137. The molecule has 16 heteroatoms. The minimum Gasteiger partial charge on any atom is -0.394 e. The maximum absolute atomic E-state index is 10.8. The summed E-state index contributed by atoms with van der Waals surface area (Å²) in [5.74, 6) is -0.524. The van der Waals surface area contributed by atoms with Crippen molar-refractivity contribution in [1.29, 1.82) is 0 Å². The van der Waals surface area contributed by atoms with Crippen molar-refractivity contribution in [2.24, 2.45) is 11.8 Å². The van der Waals surface area contributed by atoms with Gasteiger partial charge in [-0.05, 0) is 31.6 Å². The predicted molar refractivity (Wildman–Crippen MR) is 148 cm³/mol. The fraction of sp³-hybridized carbons (Fsp3) is 1.00. The van der Waals surface area contributed by atoms with Gasteiger partial charge in [0.15, 0.2) is 12.6 Å². The average Bonchev–Trinajstić information content (AvgIpc) is 3.05. The lowest BCUT2D eigenvalue weighted by atomic mass is 9.72. The number of fused-ring (bicyclic) bond motifs is 1. The van der Waals surface area contributed by atoms with Crippen molar-refractivity contribution in [2.75, 3.05) is 27.4 Å². The molecule has 0 aromatic carbocycles. The van der Waals surface area contributed by atoms with E-state index in [1.165, 1.54) is 7.11 Å². The van der Waals surface area contributed by atoms with Gasteiger partial charge < -0.3 is 79.1 Å². The standard InChI is InChI=1S/C29H50O16/c1-39-12-6-15-13(16(7-12)42-28-25(37)23(35)21(33)19(9-30)44-28)8-18(27(41-15)11-3-4-14(32)17(5-11)40-2)43-29-26(38)24(36)22(34)20(10-31)45-29/h11-38H,3-10H2,1-2H3/t11?,12?,13?,14?,15?,16?,17?,18?,19-,20-,21-,22-,23-,24-,25-,26-,27?,28-,29-/m0/s1. The summed E-state index contributed by atoms with van der Waals surface area (Å²) in [6, 6.07) is 0. The van der Waals surface area contributed by atoms with Crippen molar-refractivity contribution < 1.29 is 79.1 Å². The molecule has 9 unspecified atom stereocenters. The molecule has 2 aliphatic carbocycles. The zero-order valence-corrected chi connectivity index (χ0v) is 25.5. The van der Waals surface area contributed by atoms with Gasteiger partial charge in [0, 0.05) is 33.0 Å². The highest BCUT2D eigenvalue weighted by molar-refractivity contribution is 5.00. The molecule has 262 valence electrons. The molecule has 45 heavy (non-hydrogen) atoms. The third kappa shape index (κ3) is 7.36. The fourth-order valence-corrected chi connectivity index (χ4v) is 7.65. The highest BCUT2D eigenvalue weighted by atomic mass is 16.7. The van der Waals surface area contributed by atoms with E-state index in [2.05, 4.69) is 0 Å². The smallest absolute Gasteiger partial charge is 0.187 e. The first-order valence-electron chi connectivity index (χ1n) is 15.8. The third-order valence-electron chi connectivity index (χ3n) is 10.4. The molecule has 2 saturated carbocycles. The normalized spacial score (nSPS) is 52.7. The number of hydrogen-bond acceptors (Lipinski definition) is 16. The number of hydrogen-bond donors (Lipinski definition) is 9. The number of ether oxygens (including phenoxy) is 7. The lowest BCUT2D eigenvalue weighted by Gasteiger charge is -2.53.